The van der Waals surface area contributed by atoms with Crippen LogP contribution in [-0.2, 0) is 5.41 Å². The normalized spacial score (nSPS) is 24.2. The topological polar surface area (TPSA) is 4.93 Å². The third-order valence-corrected chi connectivity index (χ3v) is 13.7. The third kappa shape index (κ3) is 3.87. The molecule has 5 aliphatic carbocycles. The molecule has 0 aliphatic heterocycles. The summed E-state index contributed by atoms with van der Waals surface area (Å²) in [5.41, 5.74) is 15.2. The molecule has 0 radical (unpaired) electrons. The molecule has 0 amide bonds. The Morgan fingerprint density at radius 1 is 0.412 bits per heavy atom. The minimum absolute atomic E-state index is 0.138. The van der Waals surface area contributed by atoms with Crippen LogP contribution in [0.15, 0.2) is 152 Å². The highest BCUT2D eigenvalue weighted by Crippen LogP contribution is 2.69. The molecule has 0 unspecified atom stereocenters. The number of benzene rings is 7. The van der Waals surface area contributed by atoms with Gasteiger partial charge in [0.25, 0.3) is 0 Å². The standard InChI is InChI=1S/C50H39N/c1-2-10-33(11-3-1)34-14-8-15-35(25-34)36-16-9-17-41(26-36)51-48-28-38-13-5-4-12-37(38)27-44(48)45-29-43-42-18-6-7-19-46(42)50(47(43)30-49(45)51)39-21-31-20-32(23-39)24-40(50)22-31/h1-19,25-32,39-40H,20-24H2. The number of aromatic nitrogens is 1. The molecule has 5 aliphatic rings. The van der Waals surface area contributed by atoms with Gasteiger partial charge in [0.15, 0.2) is 0 Å². The maximum absolute atomic E-state index is 2.68. The average Bonchev–Trinajstić information content (AvgIpc) is 3.64. The summed E-state index contributed by atoms with van der Waals surface area (Å²) >= 11 is 0. The largest absolute Gasteiger partial charge is 0.309 e. The van der Waals surface area contributed by atoms with Gasteiger partial charge in [-0.15, -0.1) is 0 Å². The zero-order chi connectivity index (χ0) is 33.3. The van der Waals surface area contributed by atoms with Crippen molar-refractivity contribution < 1.29 is 0 Å². The Balaban J connectivity index is 1.12. The van der Waals surface area contributed by atoms with Gasteiger partial charge in [0.2, 0.25) is 0 Å². The maximum Gasteiger partial charge on any atom is 0.0547 e. The Labute approximate surface area is 299 Å². The number of hydrogen-bond donors (Lipinski definition) is 0. The number of nitrogens with zero attached hydrogens (tertiary/aromatic N) is 1. The Bertz CT molecular complexity index is 2680. The van der Waals surface area contributed by atoms with Crippen LogP contribution in [0.5, 0.6) is 0 Å². The molecule has 4 saturated carbocycles. The first-order valence-corrected chi connectivity index (χ1v) is 19.1. The van der Waals surface area contributed by atoms with Crippen LogP contribution in [0.2, 0.25) is 0 Å². The summed E-state index contributed by atoms with van der Waals surface area (Å²) in [6.45, 7) is 0. The molecular formula is C50H39N. The molecule has 0 N–H and O–H groups in total. The third-order valence-electron chi connectivity index (χ3n) is 13.7. The van der Waals surface area contributed by atoms with E-state index in [2.05, 4.69) is 156 Å². The second-order valence-corrected chi connectivity index (χ2v) is 16.2. The van der Waals surface area contributed by atoms with Crippen LogP contribution in [0.25, 0.3) is 71.6 Å². The van der Waals surface area contributed by atoms with Gasteiger partial charge in [-0.25, -0.2) is 0 Å². The lowest BCUT2D eigenvalue weighted by molar-refractivity contribution is -0.0399. The van der Waals surface area contributed by atoms with Crippen LogP contribution >= 0.6 is 0 Å². The molecular weight excluding hydrogens is 615 g/mol. The van der Waals surface area contributed by atoms with Gasteiger partial charge in [0.05, 0.1) is 11.0 Å². The molecule has 1 heterocycles. The molecule has 1 spiro atoms. The highest BCUT2D eigenvalue weighted by atomic mass is 15.0. The summed E-state index contributed by atoms with van der Waals surface area (Å²) in [6, 6.07) is 57.6. The number of hydrogen-bond acceptors (Lipinski definition) is 0. The van der Waals surface area contributed by atoms with E-state index in [0.717, 1.165) is 23.7 Å². The van der Waals surface area contributed by atoms with Crippen LogP contribution in [-0.4, -0.2) is 4.57 Å². The minimum atomic E-state index is 0.138. The van der Waals surface area contributed by atoms with Gasteiger partial charge >= 0.3 is 0 Å². The lowest BCUT2D eigenvalue weighted by atomic mass is 9.43. The van der Waals surface area contributed by atoms with Crippen molar-refractivity contribution in [2.45, 2.75) is 37.5 Å². The Kier molecular flexibility index (Phi) is 5.73. The van der Waals surface area contributed by atoms with Gasteiger partial charge < -0.3 is 4.57 Å². The molecule has 0 atom stereocenters. The molecule has 51 heavy (non-hydrogen) atoms. The van der Waals surface area contributed by atoms with E-state index in [1.165, 1.54) is 104 Å². The van der Waals surface area contributed by atoms with E-state index in [-0.39, 0.29) is 5.41 Å². The Hall–Kier alpha value is -5.40. The van der Waals surface area contributed by atoms with E-state index < -0.39 is 0 Å². The molecule has 1 nitrogen and oxygen atoms in total. The molecule has 13 rings (SSSR count). The quantitative estimate of drug-likeness (QED) is 0.179. The van der Waals surface area contributed by atoms with Gasteiger partial charge in [0, 0.05) is 21.9 Å². The van der Waals surface area contributed by atoms with Gasteiger partial charge in [-0.05, 0) is 154 Å². The Morgan fingerprint density at radius 2 is 1.00 bits per heavy atom. The van der Waals surface area contributed by atoms with Crippen LogP contribution in [0, 0.1) is 23.7 Å². The predicted molar refractivity (Wildman–Crippen MR) is 212 cm³/mol. The van der Waals surface area contributed by atoms with E-state index in [4.69, 9.17) is 0 Å². The molecule has 4 fully saturated rings. The first-order chi connectivity index (χ1) is 25.2. The molecule has 1 heteroatoms. The van der Waals surface area contributed by atoms with Crippen molar-refractivity contribution in [3.63, 3.8) is 0 Å². The molecule has 1 aromatic heterocycles. The summed E-state index contributed by atoms with van der Waals surface area (Å²) in [4.78, 5) is 0. The SMILES string of the molecule is c1ccc(-c2cccc(-c3cccc(-n4c5cc6c(cc5c5cc7ccccc7cc54)-c4ccccc4C64C5CC6CC(C5)CC4C6)c3)c2)cc1. The highest BCUT2D eigenvalue weighted by Gasteiger charge is 2.61. The van der Waals surface area contributed by atoms with Crippen molar-refractivity contribution >= 4 is 32.6 Å². The molecule has 244 valence electrons. The van der Waals surface area contributed by atoms with E-state index in [0.29, 0.717) is 0 Å². The zero-order valence-electron chi connectivity index (χ0n) is 28.7. The molecule has 7 aromatic carbocycles. The summed E-state index contributed by atoms with van der Waals surface area (Å²) in [5.74, 6) is 3.35. The fourth-order valence-corrected chi connectivity index (χ4v) is 12.0. The minimum Gasteiger partial charge on any atom is -0.309 e. The van der Waals surface area contributed by atoms with E-state index in [1.807, 2.05) is 0 Å². The molecule has 4 bridgehead atoms. The van der Waals surface area contributed by atoms with Crippen LogP contribution in [0.4, 0.5) is 0 Å². The van der Waals surface area contributed by atoms with Gasteiger partial charge in [-0.3, -0.25) is 0 Å². The lowest BCUT2D eigenvalue weighted by Crippen LogP contribution is -2.55. The van der Waals surface area contributed by atoms with Gasteiger partial charge in [-0.1, -0.05) is 109 Å². The lowest BCUT2D eigenvalue weighted by Gasteiger charge is -2.61. The van der Waals surface area contributed by atoms with E-state index >= 15 is 0 Å². The first-order valence-electron chi connectivity index (χ1n) is 19.1. The smallest absolute Gasteiger partial charge is 0.0547 e. The van der Waals surface area contributed by atoms with Crippen LogP contribution in [0.3, 0.4) is 0 Å². The van der Waals surface area contributed by atoms with Crippen molar-refractivity contribution in [3.8, 4) is 39.1 Å². The van der Waals surface area contributed by atoms with Crippen molar-refractivity contribution in [2.75, 3.05) is 0 Å². The fraction of sp³-hybridized carbons (Fsp3) is 0.200. The van der Waals surface area contributed by atoms with Gasteiger partial charge in [0.1, 0.15) is 0 Å². The second kappa shape index (κ2) is 10.3. The summed E-state index contributed by atoms with van der Waals surface area (Å²) in [5, 5.41) is 5.29. The van der Waals surface area contributed by atoms with Crippen molar-refractivity contribution in [1.29, 1.82) is 0 Å². The highest BCUT2D eigenvalue weighted by molar-refractivity contribution is 6.15. The van der Waals surface area contributed by atoms with E-state index in [9.17, 15) is 0 Å². The predicted octanol–water partition coefficient (Wildman–Crippen LogP) is 13.0. The second-order valence-electron chi connectivity index (χ2n) is 16.2. The summed E-state index contributed by atoms with van der Waals surface area (Å²) in [7, 11) is 0. The first kappa shape index (κ1) is 28.3. The molecule has 0 saturated heterocycles. The average molecular weight is 654 g/mol. The zero-order valence-corrected chi connectivity index (χ0v) is 28.7. The number of rotatable bonds is 3. The van der Waals surface area contributed by atoms with Gasteiger partial charge in [-0.2, -0.15) is 0 Å². The Morgan fingerprint density at radius 3 is 1.78 bits per heavy atom. The van der Waals surface area contributed by atoms with Crippen molar-refractivity contribution in [3.05, 3.63) is 163 Å². The fourth-order valence-electron chi connectivity index (χ4n) is 12.0. The maximum atomic E-state index is 2.68. The van der Waals surface area contributed by atoms with Crippen molar-refractivity contribution in [2.24, 2.45) is 23.7 Å². The van der Waals surface area contributed by atoms with Crippen molar-refractivity contribution in [1.82, 2.24) is 4.57 Å². The summed E-state index contributed by atoms with van der Waals surface area (Å²) < 4.78 is 2.59. The summed E-state index contributed by atoms with van der Waals surface area (Å²) in [6.07, 6.45) is 7.08. The van der Waals surface area contributed by atoms with Crippen LogP contribution in [0.1, 0.15) is 43.2 Å². The molecule has 8 aromatic rings. The number of fused-ring (bicyclic) bond motifs is 7. The monoisotopic (exact) mass is 653 g/mol. The van der Waals surface area contributed by atoms with Crippen LogP contribution < -0.4 is 0 Å². The van der Waals surface area contributed by atoms with E-state index in [1.54, 1.807) is 11.1 Å².